The first-order chi connectivity index (χ1) is 7.52. The van der Waals surface area contributed by atoms with Crippen molar-refractivity contribution in [1.82, 2.24) is 0 Å². The van der Waals surface area contributed by atoms with Crippen molar-refractivity contribution in [2.75, 3.05) is 12.3 Å². The van der Waals surface area contributed by atoms with Gasteiger partial charge in [-0.2, -0.15) is 0 Å². The largest absolute Gasteiger partial charge is 0.491 e. The van der Waals surface area contributed by atoms with E-state index in [0.717, 1.165) is 6.42 Å². The smallest absolute Gasteiger partial charge is 0.339 e. The Morgan fingerprint density at radius 2 is 2.19 bits per heavy atom. The van der Waals surface area contributed by atoms with Crippen molar-refractivity contribution in [3.05, 3.63) is 23.8 Å². The van der Waals surface area contributed by atoms with Crippen molar-refractivity contribution in [2.45, 2.75) is 20.3 Å². The second kappa shape index (κ2) is 5.39. The summed E-state index contributed by atoms with van der Waals surface area (Å²) in [5, 5.41) is 8.96. The van der Waals surface area contributed by atoms with Crippen LogP contribution in [0.3, 0.4) is 0 Å². The average Bonchev–Trinajstić information content (AvgIpc) is 2.19. The second-order valence-corrected chi connectivity index (χ2v) is 4.06. The third-order valence-corrected chi connectivity index (χ3v) is 2.22. The van der Waals surface area contributed by atoms with Gasteiger partial charge in [-0.15, -0.1) is 0 Å². The van der Waals surface area contributed by atoms with Gasteiger partial charge in [0, 0.05) is 0 Å². The van der Waals surface area contributed by atoms with Crippen LogP contribution in [0.25, 0.3) is 0 Å². The third kappa shape index (κ3) is 3.15. The van der Waals surface area contributed by atoms with E-state index in [-0.39, 0.29) is 11.3 Å². The van der Waals surface area contributed by atoms with Crippen LogP contribution >= 0.6 is 0 Å². The maximum Gasteiger partial charge on any atom is 0.339 e. The van der Waals surface area contributed by atoms with Gasteiger partial charge < -0.3 is 15.6 Å². The predicted octanol–water partition coefficient (Wildman–Crippen LogP) is 2.39. The molecule has 0 atom stereocenters. The Labute approximate surface area is 95.0 Å². The predicted molar refractivity (Wildman–Crippen MR) is 62.8 cm³/mol. The van der Waals surface area contributed by atoms with Gasteiger partial charge in [-0.25, -0.2) is 4.79 Å². The van der Waals surface area contributed by atoms with Gasteiger partial charge in [0.25, 0.3) is 0 Å². The molecule has 4 nitrogen and oxygen atoms in total. The highest BCUT2D eigenvalue weighted by molar-refractivity contribution is 5.93. The monoisotopic (exact) mass is 223 g/mol. The molecule has 0 bridgehead atoms. The number of carboxylic acids is 1. The van der Waals surface area contributed by atoms with E-state index in [0.29, 0.717) is 18.2 Å². The molecule has 0 radical (unpaired) electrons. The highest BCUT2D eigenvalue weighted by Crippen LogP contribution is 2.26. The molecule has 0 amide bonds. The van der Waals surface area contributed by atoms with Gasteiger partial charge in [0.05, 0.1) is 12.3 Å². The summed E-state index contributed by atoms with van der Waals surface area (Å²) in [7, 11) is 0. The minimum absolute atomic E-state index is 0.115. The minimum Gasteiger partial charge on any atom is -0.491 e. The summed E-state index contributed by atoms with van der Waals surface area (Å²) >= 11 is 0. The van der Waals surface area contributed by atoms with Crippen LogP contribution in [-0.2, 0) is 0 Å². The SMILES string of the molecule is CC(C)CCOc1c(N)cccc1C(=O)O. The standard InChI is InChI=1S/C12H17NO3/c1-8(2)6-7-16-11-9(12(14)15)4-3-5-10(11)13/h3-5,8H,6-7,13H2,1-2H3,(H,14,15). The Hall–Kier alpha value is -1.71. The molecule has 0 aliphatic rings. The van der Waals surface area contributed by atoms with E-state index in [4.69, 9.17) is 15.6 Å². The number of hydrogen-bond donors (Lipinski definition) is 2. The normalized spacial score (nSPS) is 10.4. The van der Waals surface area contributed by atoms with Crippen molar-refractivity contribution in [3.8, 4) is 5.75 Å². The Morgan fingerprint density at radius 3 is 2.75 bits per heavy atom. The number of benzene rings is 1. The van der Waals surface area contributed by atoms with Gasteiger partial charge in [0.1, 0.15) is 5.56 Å². The van der Waals surface area contributed by atoms with E-state index in [2.05, 4.69) is 13.8 Å². The molecular formula is C12H17NO3. The van der Waals surface area contributed by atoms with Gasteiger partial charge in [-0.3, -0.25) is 0 Å². The second-order valence-electron chi connectivity index (χ2n) is 4.06. The first-order valence-electron chi connectivity index (χ1n) is 5.27. The molecule has 88 valence electrons. The van der Waals surface area contributed by atoms with E-state index in [1.54, 1.807) is 12.1 Å². The lowest BCUT2D eigenvalue weighted by atomic mass is 10.1. The summed E-state index contributed by atoms with van der Waals surface area (Å²) in [5.41, 5.74) is 6.17. The number of carboxylic acid groups (broad SMARTS) is 1. The number of rotatable bonds is 5. The summed E-state index contributed by atoms with van der Waals surface area (Å²) in [6, 6.07) is 4.73. The topological polar surface area (TPSA) is 72.5 Å². The van der Waals surface area contributed by atoms with Crippen molar-refractivity contribution in [1.29, 1.82) is 0 Å². The highest BCUT2D eigenvalue weighted by atomic mass is 16.5. The molecule has 1 aromatic rings. The lowest BCUT2D eigenvalue weighted by Gasteiger charge is -2.12. The van der Waals surface area contributed by atoms with Crippen molar-refractivity contribution in [2.24, 2.45) is 5.92 Å². The number of ether oxygens (including phenoxy) is 1. The number of carbonyl (C=O) groups is 1. The van der Waals surface area contributed by atoms with Crippen LogP contribution in [0.1, 0.15) is 30.6 Å². The van der Waals surface area contributed by atoms with E-state index in [1.165, 1.54) is 6.07 Å². The van der Waals surface area contributed by atoms with Gasteiger partial charge in [-0.1, -0.05) is 19.9 Å². The molecule has 1 rings (SSSR count). The number of hydrogen-bond acceptors (Lipinski definition) is 3. The molecule has 1 aromatic carbocycles. The molecule has 0 aliphatic carbocycles. The quantitative estimate of drug-likeness (QED) is 0.752. The maximum absolute atomic E-state index is 10.9. The van der Waals surface area contributed by atoms with E-state index >= 15 is 0 Å². The summed E-state index contributed by atoms with van der Waals surface area (Å²) in [4.78, 5) is 10.9. The van der Waals surface area contributed by atoms with E-state index in [9.17, 15) is 4.79 Å². The summed E-state index contributed by atoms with van der Waals surface area (Å²) < 4.78 is 5.43. The van der Waals surface area contributed by atoms with E-state index in [1.807, 2.05) is 0 Å². The van der Waals surface area contributed by atoms with Gasteiger partial charge >= 0.3 is 5.97 Å². The molecule has 0 saturated carbocycles. The summed E-state index contributed by atoms with van der Waals surface area (Å²) in [6.07, 6.45) is 0.868. The van der Waals surface area contributed by atoms with Crippen LogP contribution in [0, 0.1) is 5.92 Å². The number of anilines is 1. The molecule has 0 unspecified atom stereocenters. The molecule has 3 N–H and O–H groups in total. The lowest BCUT2D eigenvalue weighted by molar-refractivity contribution is 0.0692. The molecule has 0 fully saturated rings. The van der Waals surface area contributed by atoms with Crippen LogP contribution < -0.4 is 10.5 Å². The Kier molecular flexibility index (Phi) is 4.17. The molecule has 0 aromatic heterocycles. The van der Waals surface area contributed by atoms with Crippen molar-refractivity contribution in [3.63, 3.8) is 0 Å². The maximum atomic E-state index is 10.9. The number of nitrogens with two attached hydrogens (primary N) is 1. The third-order valence-electron chi connectivity index (χ3n) is 2.22. The number of aromatic carboxylic acids is 1. The molecule has 0 saturated heterocycles. The Balaban J connectivity index is 2.80. The van der Waals surface area contributed by atoms with Crippen LogP contribution in [0.15, 0.2) is 18.2 Å². The van der Waals surface area contributed by atoms with Gasteiger partial charge in [0.15, 0.2) is 5.75 Å². The zero-order chi connectivity index (χ0) is 12.1. The fraction of sp³-hybridized carbons (Fsp3) is 0.417. The average molecular weight is 223 g/mol. The molecule has 16 heavy (non-hydrogen) atoms. The first kappa shape index (κ1) is 12.4. The molecule has 0 spiro atoms. The van der Waals surface area contributed by atoms with Crippen LogP contribution in [0.2, 0.25) is 0 Å². The zero-order valence-electron chi connectivity index (χ0n) is 9.56. The number of para-hydroxylation sites is 1. The zero-order valence-corrected chi connectivity index (χ0v) is 9.56. The van der Waals surface area contributed by atoms with Crippen molar-refractivity contribution >= 4 is 11.7 Å². The molecule has 0 aliphatic heterocycles. The molecule has 0 heterocycles. The van der Waals surface area contributed by atoms with Gasteiger partial charge in [0.2, 0.25) is 0 Å². The van der Waals surface area contributed by atoms with Crippen LogP contribution in [-0.4, -0.2) is 17.7 Å². The van der Waals surface area contributed by atoms with Crippen molar-refractivity contribution < 1.29 is 14.6 Å². The van der Waals surface area contributed by atoms with Crippen LogP contribution in [0.4, 0.5) is 5.69 Å². The summed E-state index contributed by atoms with van der Waals surface area (Å²) in [6.45, 7) is 4.64. The summed E-state index contributed by atoms with van der Waals surface area (Å²) in [5.74, 6) is -0.235. The van der Waals surface area contributed by atoms with Crippen LogP contribution in [0.5, 0.6) is 5.75 Å². The molecular weight excluding hydrogens is 206 g/mol. The Bertz CT molecular complexity index is 375. The lowest BCUT2D eigenvalue weighted by Crippen LogP contribution is -2.08. The minimum atomic E-state index is -1.02. The highest BCUT2D eigenvalue weighted by Gasteiger charge is 2.13. The molecule has 4 heteroatoms. The number of nitrogen functional groups attached to an aromatic ring is 1. The fourth-order valence-electron chi connectivity index (χ4n) is 1.28. The fourth-order valence-corrected chi connectivity index (χ4v) is 1.28. The first-order valence-corrected chi connectivity index (χ1v) is 5.27. The Morgan fingerprint density at radius 1 is 1.50 bits per heavy atom. The van der Waals surface area contributed by atoms with Gasteiger partial charge in [-0.05, 0) is 24.5 Å². The van der Waals surface area contributed by atoms with E-state index < -0.39 is 5.97 Å².